The topological polar surface area (TPSA) is 55.4 Å². The molecule has 0 rings (SSSR count). The highest BCUT2D eigenvalue weighted by atomic mass is 28.4. The van der Waals surface area contributed by atoms with Crippen molar-refractivity contribution in [3.05, 3.63) is 0 Å². The van der Waals surface area contributed by atoms with Gasteiger partial charge in [-0.3, -0.25) is 0 Å². The third-order valence-corrected chi connectivity index (χ3v) is 4.16. The van der Waals surface area contributed by atoms with Gasteiger partial charge < -0.3 is 27.5 Å². The van der Waals surface area contributed by atoms with Crippen molar-refractivity contribution >= 4 is 8.80 Å². The average molecular weight is 240 g/mol. The lowest BCUT2D eigenvalue weighted by molar-refractivity contribution is -0.0847. The van der Waals surface area contributed by atoms with Crippen LogP contribution in [-0.4, -0.2) is 50.5 Å². The Bertz CT molecular complexity index is 123. The zero-order valence-electron chi connectivity index (χ0n) is 9.78. The molecule has 6 nitrogen and oxygen atoms in total. The molecule has 0 heterocycles. The summed E-state index contributed by atoms with van der Waals surface area (Å²) in [5, 5.41) is 0. The maximum absolute atomic E-state index is 5.44. The van der Waals surface area contributed by atoms with Crippen molar-refractivity contribution in [1.29, 1.82) is 0 Å². The molecule has 0 aromatic rings. The van der Waals surface area contributed by atoms with Crippen LogP contribution >= 0.6 is 0 Å². The maximum Gasteiger partial charge on any atom is 0.505 e. The van der Waals surface area contributed by atoms with E-state index in [-0.39, 0.29) is 20.4 Å². The fourth-order valence-corrected chi connectivity index (χ4v) is 2.63. The van der Waals surface area contributed by atoms with Gasteiger partial charge in [0.25, 0.3) is 0 Å². The molecule has 0 amide bonds. The Hall–Kier alpha value is -0.0231. The third-order valence-electron chi connectivity index (χ3n) is 1.62. The van der Waals surface area contributed by atoms with E-state index in [1.807, 2.05) is 6.92 Å². The van der Waals surface area contributed by atoms with E-state index < -0.39 is 8.80 Å². The van der Waals surface area contributed by atoms with E-state index in [1.165, 1.54) is 0 Å². The number of hydrogen-bond acceptors (Lipinski definition) is 6. The summed E-state index contributed by atoms with van der Waals surface area (Å²) in [6.07, 6.45) is 0. The molecule has 0 unspecified atom stereocenters. The fourth-order valence-electron chi connectivity index (χ4n) is 0.877. The van der Waals surface area contributed by atoms with Crippen LogP contribution in [0.4, 0.5) is 0 Å². The molecule has 0 atom stereocenters. The van der Waals surface area contributed by atoms with Gasteiger partial charge in [0.1, 0.15) is 20.4 Å². The van der Waals surface area contributed by atoms with Gasteiger partial charge in [-0.05, 0) is 0 Å². The summed E-state index contributed by atoms with van der Waals surface area (Å²) in [6.45, 7) is 2.32. The summed E-state index contributed by atoms with van der Waals surface area (Å²) in [5.41, 5.74) is 0. The van der Waals surface area contributed by atoms with Crippen molar-refractivity contribution in [2.75, 3.05) is 41.7 Å². The van der Waals surface area contributed by atoms with Crippen LogP contribution in [0.2, 0.25) is 6.04 Å². The lowest BCUT2D eigenvalue weighted by atomic mass is 11.0. The minimum absolute atomic E-state index is 0.132. The molecule has 0 spiro atoms. The number of rotatable bonds is 10. The quantitative estimate of drug-likeness (QED) is 0.416. The Balaban J connectivity index is 4.16. The van der Waals surface area contributed by atoms with E-state index in [1.54, 1.807) is 21.3 Å². The Morgan fingerprint density at radius 3 is 1.27 bits per heavy atom. The standard InChI is InChI=1S/C8H20O6Si/c1-5-15(12-6-9-2,13-7-10-3)14-8-11-4/h5-8H2,1-4H3. The molecule has 0 aromatic heterocycles. The molecule has 0 aliphatic rings. The summed E-state index contributed by atoms with van der Waals surface area (Å²) in [7, 11) is 1.92. The van der Waals surface area contributed by atoms with Gasteiger partial charge in [0.05, 0.1) is 0 Å². The second kappa shape index (κ2) is 9.22. The number of methoxy groups -OCH3 is 3. The van der Waals surface area contributed by atoms with E-state index in [4.69, 9.17) is 27.5 Å². The minimum Gasteiger partial charge on any atom is -0.360 e. The first-order valence-electron chi connectivity index (χ1n) is 4.63. The van der Waals surface area contributed by atoms with Gasteiger partial charge in [-0.1, -0.05) is 6.92 Å². The summed E-state index contributed by atoms with van der Waals surface area (Å²) in [4.78, 5) is 0. The van der Waals surface area contributed by atoms with E-state index >= 15 is 0 Å². The fraction of sp³-hybridized carbons (Fsp3) is 1.00. The monoisotopic (exact) mass is 240 g/mol. The van der Waals surface area contributed by atoms with Crippen LogP contribution in [-0.2, 0) is 27.5 Å². The van der Waals surface area contributed by atoms with Gasteiger partial charge >= 0.3 is 8.80 Å². The molecule has 0 saturated carbocycles. The zero-order valence-corrected chi connectivity index (χ0v) is 10.8. The normalized spacial score (nSPS) is 12.0. The smallest absolute Gasteiger partial charge is 0.360 e. The molecular weight excluding hydrogens is 220 g/mol. The van der Waals surface area contributed by atoms with Gasteiger partial charge in [-0.25, -0.2) is 0 Å². The van der Waals surface area contributed by atoms with E-state index in [0.717, 1.165) is 0 Å². The van der Waals surface area contributed by atoms with Crippen LogP contribution in [0, 0.1) is 0 Å². The first-order valence-corrected chi connectivity index (χ1v) is 6.56. The largest absolute Gasteiger partial charge is 0.505 e. The van der Waals surface area contributed by atoms with Crippen LogP contribution in [0.25, 0.3) is 0 Å². The molecule has 92 valence electrons. The molecule has 0 aliphatic heterocycles. The first kappa shape index (κ1) is 15.0. The van der Waals surface area contributed by atoms with Crippen molar-refractivity contribution in [2.24, 2.45) is 0 Å². The second-order valence-electron chi connectivity index (χ2n) is 2.69. The van der Waals surface area contributed by atoms with Crippen molar-refractivity contribution in [1.82, 2.24) is 0 Å². The Kier molecular flexibility index (Phi) is 9.21. The molecule has 0 N–H and O–H groups in total. The van der Waals surface area contributed by atoms with Crippen molar-refractivity contribution in [3.63, 3.8) is 0 Å². The van der Waals surface area contributed by atoms with Gasteiger partial charge in [0.2, 0.25) is 0 Å². The first-order chi connectivity index (χ1) is 7.24. The number of hydrogen-bond donors (Lipinski definition) is 0. The Morgan fingerprint density at radius 2 is 1.07 bits per heavy atom. The molecule has 0 saturated heterocycles. The molecule has 0 bridgehead atoms. The molecule has 15 heavy (non-hydrogen) atoms. The van der Waals surface area contributed by atoms with E-state index in [9.17, 15) is 0 Å². The summed E-state index contributed by atoms with van der Waals surface area (Å²) < 4.78 is 30.8. The predicted molar refractivity (Wildman–Crippen MR) is 55.1 cm³/mol. The lowest BCUT2D eigenvalue weighted by Gasteiger charge is -2.27. The molecule has 0 radical (unpaired) electrons. The molecule has 0 fully saturated rings. The van der Waals surface area contributed by atoms with Crippen molar-refractivity contribution in [3.8, 4) is 0 Å². The van der Waals surface area contributed by atoms with Crippen molar-refractivity contribution < 1.29 is 27.5 Å². The summed E-state index contributed by atoms with van der Waals surface area (Å²) in [6, 6.07) is 0.628. The Labute approximate surface area is 91.7 Å². The van der Waals surface area contributed by atoms with E-state index in [0.29, 0.717) is 6.04 Å². The van der Waals surface area contributed by atoms with Crippen LogP contribution in [0.3, 0.4) is 0 Å². The van der Waals surface area contributed by atoms with Crippen LogP contribution in [0.5, 0.6) is 0 Å². The third kappa shape index (κ3) is 6.20. The van der Waals surface area contributed by atoms with Crippen molar-refractivity contribution in [2.45, 2.75) is 13.0 Å². The van der Waals surface area contributed by atoms with Crippen LogP contribution in [0.1, 0.15) is 6.92 Å². The lowest BCUT2D eigenvalue weighted by Crippen LogP contribution is -2.46. The molecule has 0 aliphatic carbocycles. The molecule has 7 heteroatoms. The molecular formula is C8H20O6Si. The van der Waals surface area contributed by atoms with Crippen LogP contribution in [0.15, 0.2) is 0 Å². The Morgan fingerprint density at radius 1 is 0.733 bits per heavy atom. The minimum atomic E-state index is -2.71. The summed E-state index contributed by atoms with van der Waals surface area (Å²) in [5.74, 6) is 0. The van der Waals surface area contributed by atoms with Gasteiger partial charge in [0, 0.05) is 27.4 Å². The average Bonchev–Trinajstić information content (AvgIpc) is 2.29. The summed E-state index contributed by atoms with van der Waals surface area (Å²) >= 11 is 0. The zero-order chi connectivity index (χ0) is 11.6. The highest BCUT2D eigenvalue weighted by Gasteiger charge is 2.39. The second-order valence-corrected chi connectivity index (χ2v) is 5.63. The number of ether oxygens (including phenoxy) is 3. The highest BCUT2D eigenvalue weighted by molar-refractivity contribution is 6.60. The van der Waals surface area contributed by atoms with Gasteiger partial charge in [-0.15, -0.1) is 0 Å². The SMILES string of the molecule is CC[Si](OCOC)(OCOC)OCOC. The van der Waals surface area contributed by atoms with E-state index in [2.05, 4.69) is 0 Å². The molecule has 0 aromatic carbocycles. The van der Waals surface area contributed by atoms with Crippen LogP contribution < -0.4 is 0 Å². The van der Waals surface area contributed by atoms with Gasteiger partial charge in [-0.2, -0.15) is 0 Å². The van der Waals surface area contributed by atoms with Gasteiger partial charge in [0.15, 0.2) is 0 Å². The predicted octanol–water partition coefficient (Wildman–Crippen LogP) is 0.807. The maximum atomic E-state index is 5.44. The highest BCUT2D eigenvalue weighted by Crippen LogP contribution is 2.15.